The number of nitrogens with one attached hydrogen (secondary N) is 1. The molecule has 0 spiro atoms. The fourth-order valence-corrected chi connectivity index (χ4v) is 3.10. The summed E-state index contributed by atoms with van der Waals surface area (Å²) >= 11 is 0. The summed E-state index contributed by atoms with van der Waals surface area (Å²) in [6.45, 7) is 5.62. The Kier molecular flexibility index (Phi) is 3.55. The number of piperazine rings is 1. The lowest BCUT2D eigenvalue weighted by atomic mass is 10.0. The molecule has 1 fully saturated rings. The Bertz CT molecular complexity index is 674. The van der Waals surface area contributed by atoms with E-state index in [2.05, 4.69) is 5.32 Å². The summed E-state index contributed by atoms with van der Waals surface area (Å²) in [4.78, 5) is 14.7. The van der Waals surface area contributed by atoms with Gasteiger partial charge >= 0.3 is 0 Å². The first-order chi connectivity index (χ1) is 10.1. The maximum atomic E-state index is 12.8. The van der Waals surface area contributed by atoms with Gasteiger partial charge < -0.3 is 15.3 Å². The Hall–Kier alpha value is -2.07. The zero-order valence-corrected chi connectivity index (χ0v) is 12.3. The molecule has 1 amide bonds. The van der Waals surface area contributed by atoms with E-state index in [9.17, 15) is 9.90 Å². The van der Waals surface area contributed by atoms with Crippen molar-refractivity contribution in [1.29, 1.82) is 0 Å². The third-order valence-electron chi connectivity index (χ3n) is 4.19. The van der Waals surface area contributed by atoms with Crippen molar-refractivity contribution < 1.29 is 9.90 Å². The standard InChI is InChI=1S/C17H20N2O2/c1-11-9-18-10-12(2)19(11)17(21)15-8-7-13-5-3-4-6-14(13)16(15)20/h3-8,11-12,18,20H,9-10H2,1-2H3. The van der Waals surface area contributed by atoms with Crippen LogP contribution in [0, 0.1) is 0 Å². The van der Waals surface area contributed by atoms with Gasteiger partial charge in [-0.2, -0.15) is 0 Å². The largest absolute Gasteiger partial charge is 0.506 e. The number of carbonyl (C=O) groups is 1. The summed E-state index contributed by atoms with van der Waals surface area (Å²) < 4.78 is 0. The van der Waals surface area contributed by atoms with Crippen LogP contribution in [-0.2, 0) is 0 Å². The van der Waals surface area contributed by atoms with Crippen molar-refractivity contribution >= 4 is 16.7 Å². The number of fused-ring (bicyclic) bond motifs is 1. The predicted octanol–water partition coefficient (Wildman–Crippen LogP) is 2.37. The van der Waals surface area contributed by atoms with Crippen molar-refractivity contribution in [3.8, 4) is 5.75 Å². The third-order valence-corrected chi connectivity index (χ3v) is 4.19. The lowest BCUT2D eigenvalue weighted by molar-refractivity contribution is 0.0542. The molecule has 21 heavy (non-hydrogen) atoms. The molecule has 2 atom stereocenters. The number of nitrogens with zero attached hydrogens (tertiary/aromatic N) is 1. The van der Waals surface area contributed by atoms with Crippen LogP contribution in [0.25, 0.3) is 10.8 Å². The van der Waals surface area contributed by atoms with E-state index in [-0.39, 0.29) is 23.7 Å². The number of carbonyl (C=O) groups excluding carboxylic acids is 1. The Labute approximate surface area is 124 Å². The lowest BCUT2D eigenvalue weighted by Gasteiger charge is -2.39. The summed E-state index contributed by atoms with van der Waals surface area (Å²) in [7, 11) is 0. The molecule has 0 saturated carbocycles. The summed E-state index contributed by atoms with van der Waals surface area (Å²) in [6, 6.07) is 11.4. The monoisotopic (exact) mass is 284 g/mol. The highest BCUT2D eigenvalue weighted by atomic mass is 16.3. The number of phenolic OH excluding ortho intramolecular Hbond substituents is 1. The molecular formula is C17H20N2O2. The van der Waals surface area contributed by atoms with Crippen LogP contribution in [-0.4, -0.2) is 41.1 Å². The minimum atomic E-state index is -0.0975. The van der Waals surface area contributed by atoms with Crippen LogP contribution in [0.15, 0.2) is 36.4 Å². The summed E-state index contributed by atoms with van der Waals surface area (Å²) in [6.07, 6.45) is 0. The van der Waals surface area contributed by atoms with E-state index < -0.39 is 0 Å². The van der Waals surface area contributed by atoms with Crippen LogP contribution in [0.4, 0.5) is 0 Å². The highest BCUT2D eigenvalue weighted by Crippen LogP contribution is 2.30. The highest BCUT2D eigenvalue weighted by Gasteiger charge is 2.31. The molecule has 2 unspecified atom stereocenters. The van der Waals surface area contributed by atoms with Crippen LogP contribution in [0.5, 0.6) is 5.75 Å². The number of hydrogen-bond donors (Lipinski definition) is 2. The van der Waals surface area contributed by atoms with Crippen LogP contribution in [0.2, 0.25) is 0 Å². The van der Waals surface area contributed by atoms with Crippen LogP contribution in [0.1, 0.15) is 24.2 Å². The van der Waals surface area contributed by atoms with Gasteiger partial charge in [-0.25, -0.2) is 0 Å². The maximum absolute atomic E-state index is 12.8. The number of aromatic hydroxyl groups is 1. The lowest BCUT2D eigenvalue weighted by Crippen LogP contribution is -2.57. The number of amides is 1. The molecule has 4 nitrogen and oxygen atoms in total. The molecule has 1 saturated heterocycles. The van der Waals surface area contributed by atoms with E-state index in [0.717, 1.165) is 23.9 Å². The van der Waals surface area contributed by atoms with Crippen molar-refractivity contribution in [2.24, 2.45) is 0 Å². The molecule has 0 aromatic heterocycles. The summed E-state index contributed by atoms with van der Waals surface area (Å²) in [5.74, 6) is -0.0178. The average molecular weight is 284 g/mol. The fourth-order valence-electron chi connectivity index (χ4n) is 3.10. The van der Waals surface area contributed by atoms with E-state index in [4.69, 9.17) is 0 Å². The first kappa shape index (κ1) is 13.9. The van der Waals surface area contributed by atoms with Crippen LogP contribution < -0.4 is 5.32 Å². The minimum Gasteiger partial charge on any atom is -0.506 e. The van der Waals surface area contributed by atoms with Gasteiger partial charge in [0.2, 0.25) is 0 Å². The SMILES string of the molecule is CC1CNCC(C)N1C(=O)c1ccc2ccccc2c1O. The van der Waals surface area contributed by atoms with Crippen LogP contribution in [0.3, 0.4) is 0 Å². The normalized spacial score (nSPS) is 22.5. The van der Waals surface area contributed by atoms with Gasteiger partial charge in [0, 0.05) is 30.6 Å². The van der Waals surface area contributed by atoms with Gasteiger partial charge in [-0.3, -0.25) is 4.79 Å². The third kappa shape index (κ3) is 2.36. The fraction of sp³-hybridized carbons (Fsp3) is 0.353. The minimum absolute atomic E-state index is 0.0797. The average Bonchev–Trinajstić information content (AvgIpc) is 2.47. The molecule has 0 radical (unpaired) electrons. The number of benzene rings is 2. The first-order valence-corrected chi connectivity index (χ1v) is 7.33. The molecular weight excluding hydrogens is 264 g/mol. The molecule has 2 N–H and O–H groups in total. The zero-order valence-electron chi connectivity index (χ0n) is 12.3. The second-order valence-electron chi connectivity index (χ2n) is 5.75. The number of rotatable bonds is 1. The molecule has 1 aliphatic heterocycles. The van der Waals surface area contributed by atoms with Crippen molar-refractivity contribution in [3.05, 3.63) is 42.0 Å². The van der Waals surface area contributed by atoms with Gasteiger partial charge in [0.1, 0.15) is 5.75 Å². The Morgan fingerprint density at radius 3 is 2.52 bits per heavy atom. The van der Waals surface area contributed by atoms with Crippen molar-refractivity contribution in [1.82, 2.24) is 10.2 Å². The zero-order chi connectivity index (χ0) is 15.0. The molecule has 3 rings (SSSR count). The van der Waals surface area contributed by atoms with E-state index in [1.54, 1.807) is 6.07 Å². The maximum Gasteiger partial charge on any atom is 0.258 e. The molecule has 4 heteroatoms. The van der Waals surface area contributed by atoms with Gasteiger partial charge in [-0.15, -0.1) is 0 Å². The molecule has 0 bridgehead atoms. The van der Waals surface area contributed by atoms with Gasteiger partial charge in [0.05, 0.1) is 5.56 Å². The van der Waals surface area contributed by atoms with E-state index in [1.807, 2.05) is 49.1 Å². The second kappa shape index (κ2) is 5.37. The quantitative estimate of drug-likeness (QED) is 0.845. The molecule has 2 aromatic carbocycles. The predicted molar refractivity (Wildman–Crippen MR) is 83.6 cm³/mol. The molecule has 1 aliphatic rings. The molecule has 110 valence electrons. The molecule has 2 aromatic rings. The van der Waals surface area contributed by atoms with Crippen molar-refractivity contribution in [3.63, 3.8) is 0 Å². The van der Waals surface area contributed by atoms with E-state index in [0.29, 0.717) is 5.56 Å². The van der Waals surface area contributed by atoms with Crippen molar-refractivity contribution in [2.45, 2.75) is 25.9 Å². The smallest absolute Gasteiger partial charge is 0.258 e. The second-order valence-corrected chi connectivity index (χ2v) is 5.75. The van der Waals surface area contributed by atoms with E-state index in [1.165, 1.54) is 0 Å². The summed E-state index contributed by atoms with van der Waals surface area (Å²) in [5.41, 5.74) is 0.384. The summed E-state index contributed by atoms with van der Waals surface area (Å²) in [5, 5.41) is 15.4. The highest BCUT2D eigenvalue weighted by molar-refractivity contribution is 6.03. The first-order valence-electron chi connectivity index (χ1n) is 7.33. The van der Waals surface area contributed by atoms with Gasteiger partial charge in [-0.1, -0.05) is 30.3 Å². The Morgan fingerprint density at radius 1 is 1.14 bits per heavy atom. The van der Waals surface area contributed by atoms with Gasteiger partial charge in [0.25, 0.3) is 5.91 Å². The topological polar surface area (TPSA) is 52.6 Å². The number of hydrogen-bond acceptors (Lipinski definition) is 3. The number of phenols is 1. The Morgan fingerprint density at radius 2 is 1.81 bits per heavy atom. The molecule has 0 aliphatic carbocycles. The van der Waals surface area contributed by atoms with Gasteiger partial charge in [-0.05, 0) is 25.3 Å². The molecule has 1 heterocycles. The van der Waals surface area contributed by atoms with Gasteiger partial charge in [0.15, 0.2) is 0 Å². The van der Waals surface area contributed by atoms with Crippen LogP contribution >= 0.6 is 0 Å². The van der Waals surface area contributed by atoms with E-state index >= 15 is 0 Å². The Balaban J connectivity index is 2.03. The van der Waals surface area contributed by atoms with Crippen molar-refractivity contribution in [2.75, 3.05) is 13.1 Å².